The molecule has 0 saturated carbocycles. The van der Waals surface area contributed by atoms with Crippen molar-refractivity contribution in [2.24, 2.45) is 5.92 Å². The molecule has 1 aromatic rings. The van der Waals surface area contributed by atoms with Crippen LogP contribution in [0.25, 0.3) is 0 Å². The van der Waals surface area contributed by atoms with Crippen molar-refractivity contribution < 1.29 is 21.8 Å². The van der Waals surface area contributed by atoms with Gasteiger partial charge in [0.05, 0.1) is 17.9 Å². The second-order valence-corrected chi connectivity index (χ2v) is 5.34. The van der Waals surface area contributed by atoms with Crippen molar-refractivity contribution in [2.75, 3.05) is 7.11 Å². The zero-order valence-corrected chi connectivity index (χ0v) is 9.96. The number of hydrogen-bond donors (Lipinski definition) is 0. The minimum absolute atomic E-state index is 0.299. The molecule has 92 valence electrons. The van der Waals surface area contributed by atoms with Crippen LogP contribution in [0.2, 0.25) is 0 Å². The maximum atomic E-state index is 12.8. The fourth-order valence-corrected chi connectivity index (χ4v) is 2.59. The van der Waals surface area contributed by atoms with Crippen LogP contribution in [0.1, 0.15) is 11.1 Å². The Morgan fingerprint density at radius 3 is 2.59 bits per heavy atom. The highest BCUT2D eigenvalue weighted by Crippen LogP contribution is 2.29. The third-order valence-electron chi connectivity index (χ3n) is 2.93. The van der Waals surface area contributed by atoms with Gasteiger partial charge in [0, 0.05) is 0 Å². The summed E-state index contributed by atoms with van der Waals surface area (Å²) in [7, 11) is -3.38. The van der Waals surface area contributed by atoms with E-state index in [1.807, 2.05) is 0 Å². The predicted octanol–water partition coefficient (Wildman–Crippen LogP) is 1.23. The number of halogens is 1. The first-order chi connectivity index (χ1) is 7.91. The highest BCUT2D eigenvalue weighted by atomic mass is 32.3. The quantitative estimate of drug-likeness (QED) is 0.591. The third-order valence-corrected chi connectivity index (χ3v) is 3.74. The molecule has 1 atom stereocenters. The zero-order valence-electron chi connectivity index (χ0n) is 9.14. The molecule has 1 aromatic carbocycles. The van der Waals surface area contributed by atoms with Gasteiger partial charge >= 0.3 is 16.2 Å². The van der Waals surface area contributed by atoms with E-state index >= 15 is 0 Å². The van der Waals surface area contributed by atoms with E-state index in [1.165, 1.54) is 19.2 Å². The van der Waals surface area contributed by atoms with Crippen molar-refractivity contribution in [3.63, 3.8) is 0 Å². The normalized spacial score (nSPS) is 18.8. The molecule has 0 fully saturated rings. The maximum Gasteiger partial charge on any atom is 0.332 e. The van der Waals surface area contributed by atoms with Crippen molar-refractivity contribution in [2.45, 2.75) is 17.7 Å². The van der Waals surface area contributed by atoms with E-state index in [4.69, 9.17) is 0 Å². The molecule has 17 heavy (non-hydrogen) atoms. The van der Waals surface area contributed by atoms with Crippen LogP contribution in [-0.4, -0.2) is 21.5 Å². The molecule has 0 N–H and O–H groups in total. The van der Waals surface area contributed by atoms with E-state index in [0.29, 0.717) is 18.4 Å². The molecule has 0 radical (unpaired) electrons. The second kappa shape index (κ2) is 4.10. The SMILES string of the molecule is COC(=O)C1Cc2ccc(S(=O)(=O)F)cc2C1. The van der Waals surface area contributed by atoms with E-state index in [-0.39, 0.29) is 16.8 Å². The Bertz CT molecular complexity index is 565. The van der Waals surface area contributed by atoms with Crippen LogP contribution in [0, 0.1) is 5.92 Å². The third kappa shape index (κ3) is 2.31. The Morgan fingerprint density at radius 1 is 1.35 bits per heavy atom. The largest absolute Gasteiger partial charge is 0.469 e. The zero-order chi connectivity index (χ0) is 12.6. The van der Waals surface area contributed by atoms with Gasteiger partial charge in [-0.1, -0.05) is 6.07 Å². The molecule has 1 aliphatic carbocycles. The van der Waals surface area contributed by atoms with Crippen LogP contribution >= 0.6 is 0 Å². The lowest BCUT2D eigenvalue weighted by Crippen LogP contribution is -2.15. The summed E-state index contributed by atoms with van der Waals surface area (Å²) in [6.45, 7) is 0. The van der Waals surface area contributed by atoms with Crippen LogP contribution in [-0.2, 0) is 32.6 Å². The first-order valence-corrected chi connectivity index (χ1v) is 6.44. The van der Waals surface area contributed by atoms with E-state index in [1.54, 1.807) is 6.07 Å². The molecular formula is C11H11FO4S. The van der Waals surface area contributed by atoms with Crippen molar-refractivity contribution in [1.29, 1.82) is 0 Å². The summed E-state index contributed by atoms with van der Waals surface area (Å²) >= 11 is 0. The number of methoxy groups -OCH3 is 1. The van der Waals surface area contributed by atoms with Gasteiger partial charge in [-0.2, -0.15) is 8.42 Å². The highest BCUT2D eigenvalue weighted by molar-refractivity contribution is 7.86. The van der Waals surface area contributed by atoms with E-state index < -0.39 is 10.2 Å². The van der Waals surface area contributed by atoms with Crippen LogP contribution in [0.5, 0.6) is 0 Å². The molecule has 0 saturated heterocycles. The minimum Gasteiger partial charge on any atom is -0.469 e. The number of hydrogen-bond acceptors (Lipinski definition) is 4. The average Bonchev–Trinajstić information content (AvgIpc) is 2.69. The lowest BCUT2D eigenvalue weighted by molar-refractivity contribution is -0.145. The molecule has 4 nitrogen and oxygen atoms in total. The molecule has 1 unspecified atom stereocenters. The van der Waals surface area contributed by atoms with Gasteiger partial charge in [-0.15, -0.1) is 3.89 Å². The van der Waals surface area contributed by atoms with Gasteiger partial charge in [0.15, 0.2) is 0 Å². The summed E-state index contributed by atoms with van der Waals surface area (Å²) in [5, 5.41) is 0. The van der Waals surface area contributed by atoms with Gasteiger partial charge in [-0.3, -0.25) is 4.79 Å². The highest BCUT2D eigenvalue weighted by Gasteiger charge is 2.29. The van der Waals surface area contributed by atoms with E-state index in [0.717, 1.165) is 5.56 Å². The molecule has 2 rings (SSSR count). The Labute approximate surface area is 98.6 Å². The Morgan fingerprint density at radius 2 is 2.00 bits per heavy atom. The number of rotatable bonds is 2. The summed E-state index contributed by atoms with van der Waals surface area (Å²) < 4.78 is 38.9. The number of fused-ring (bicyclic) bond motifs is 1. The fourth-order valence-electron chi connectivity index (χ4n) is 2.08. The molecule has 0 spiro atoms. The first kappa shape index (κ1) is 12.0. The summed E-state index contributed by atoms with van der Waals surface area (Å²) in [4.78, 5) is 11.0. The fraction of sp³-hybridized carbons (Fsp3) is 0.364. The molecule has 0 heterocycles. The lowest BCUT2D eigenvalue weighted by atomic mass is 10.1. The summed E-state index contributed by atoms with van der Waals surface area (Å²) in [6.07, 6.45) is 0.903. The van der Waals surface area contributed by atoms with Gasteiger partial charge in [0.1, 0.15) is 0 Å². The van der Waals surface area contributed by atoms with Crippen molar-refractivity contribution in [3.8, 4) is 0 Å². The first-order valence-electron chi connectivity index (χ1n) is 5.06. The Balaban J connectivity index is 2.31. The van der Waals surface area contributed by atoms with Crippen molar-refractivity contribution >= 4 is 16.2 Å². The molecule has 0 bridgehead atoms. The van der Waals surface area contributed by atoms with Crippen molar-refractivity contribution in [3.05, 3.63) is 29.3 Å². The number of benzene rings is 1. The monoisotopic (exact) mass is 258 g/mol. The summed E-state index contributed by atoms with van der Waals surface area (Å²) in [5.41, 5.74) is 1.56. The van der Waals surface area contributed by atoms with Crippen LogP contribution in [0.15, 0.2) is 23.1 Å². The standard InChI is InChI=1S/C11H11FO4S/c1-16-11(13)9-4-7-2-3-10(17(12,14)15)6-8(7)5-9/h2-3,6,9H,4-5H2,1H3. The maximum absolute atomic E-state index is 12.8. The number of carbonyl (C=O) groups excluding carboxylic acids is 1. The smallest absolute Gasteiger partial charge is 0.332 e. The lowest BCUT2D eigenvalue weighted by Gasteiger charge is -2.04. The van der Waals surface area contributed by atoms with Gasteiger partial charge in [0.2, 0.25) is 0 Å². The minimum atomic E-state index is -4.68. The number of ether oxygens (including phenoxy) is 1. The Hall–Kier alpha value is -1.43. The predicted molar refractivity (Wildman–Crippen MR) is 57.6 cm³/mol. The van der Waals surface area contributed by atoms with Crippen LogP contribution in [0.4, 0.5) is 3.89 Å². The number of carbonyl (C=O) groups is 1. The molecule has 6 heteroatoms. The molecule has 0 aromatic heterocycles. The Kier molecular flexibility index (Phi) is 2.91. The molecule has 1 aliphatic rings. The summed E-state index contributed by atoms with van der Waals surface area (Å²) in [6, 6.07) is 4.05. The topological polar surface area (TPSA) is 60.4 Å². The van der Waals surface area contributed by atoms with Gasteiger partial charge in [0.25, 0.3) is 0 Å². The molecule has 0 aliphatic heterocycles. The van der Waals surface area contributed by atoms with Crippen LogP contribution in [0.3, 0.4) is 0 Å². The molecular weight excluding hydrogens is 247 g/mol. The van der Waals surface area contributed by atoms with Crippen LogP contribution < -0.4 is 0 Å². The van der Waals surface area contributed by atoms with Gasteiger partial charge < -0.3 is 4.74 Å². The second-order valence-electron chi connectivity index (χ2n) is 4.00. The van der Waals surface area contributed by atoms with Gasteiger partial charge in [-0.05, 0) is 36.1 Å². The van der Waals surface area contributed by atoms with Gasteiger partial charge in [-0.25, -0.2) is 0 Å². The summed E-state index contributed by atoms with van der Waals surface area (Å²) in [5.74, 6) is -0.626. The van der Waals surface area contributed by atoms with E-state index in [9.17, 15) is 17.1 Å². The number of esters is 1. The van der Waals surface area contributed by atoms with E-state index in [2.05, 4.69) is 4.74 Å². The van der Waals surface area contributed by atoms with Crippen molar-refractivity contribution in [1.82, 2.24) is 0 Å². The molecule has 0 amide bonds. The average molecular weight is 258 g/mol.